The molecule has 130 valence electrons. The molecule has 1 aromatic heterocycles. The zero-order valence-corrected chi connectivity index (χ0v) is 15.1. The maximum absolute atomic E-state index is 13.1. The molecular formula is C20H21ClFN3. The SMILES string of the molecule is C=C(/C=C\C=C(/C)c1cc(NC)ncc1Cl)NCc1cccc(F)c1. The molecule has 0 aliphatic rings. The summed E-state index contributed by atoms with van der Waals surface area (Å²) in [6.07, 6.45) is 7.34. The highest BCUT2D eigenvalue weighted by atomic mass is 35.5. The molecule has 1 aromatic carbocycles. The molecule has 0 atom stereocenters. The van der Waals surface area contributed by atoms with Gasteiger partial charge in [0.15, 0.2) is 0 Å². The summed E-state index contributed by atoms with van der Waals surface area (Å²) in [7, 11) is 1.81. The Morgan fingerprint density at radius 1 is 1.36 bits per heavy atom. The van der Waals surface area contributed by atoms with E-state index in [1.54, 1.807) is 12.3 Å². The van der Waals surface area contributed by atoms with E-state index in [2.05, 4.69) is 22.2 Å². The fraction of sp³-hybridized carbons (Fsp3) is 0.150. The second-order valence-electron chi connectivity index (χ2n) is 5.52. The summed E-state index contributed by atoms with van der Waals surface area (Å²) in [5, 5.41) is 6.74. The number of allylic oxidation sites excluding steroid dienone is 4. The van der Waals surface area contributed by atoms with E-state index in [-0.39, 0.29) is 5.82 Å². The smallest absolute Gasteiger partial charge is 0.126 e. The Hall–Kier alpha value is -2.59. The monoisotopic (exact) mass is 357 g/mol. The van der Waals surface area contributed by atoms with Gasteiger partial charge in [-0.15, -0.1) is 0 Å². The largest absolute Gasteiger partial charge is 0.381 e. The van der Waals surface area contributed by atoms with Crippen LogP contribution < -0.4 is 10.6 Å². The average Bonchev–Trinajstić information content (AvgIpc) is 2.60. The van der Waals surface area contributed by atoms with Gasteiger partial charge >= 0.3 is 0 Å². The Bertz CT molecular complexity index is 812. The highest BCUT2D eigenvalue weighted by Gasteiger charge is 2.04. The lowest BCUT2D eigenvalue weighted by Crippen LogP contribution is -2.10. The minimum atomic E-state index is -0.241. The van der Waals surface area contributed by atoms with Gasteiger partial charge in [0, 0.05) is 31.0 Å². The van der Waals surface area contributed by atoms with Crippen molar-refractivity contribution in [3.05, 3.63) is 89.0 Å². The van der Waals surface area contributed by atoms with Gasteiger partial charge in [-0.05, 0) is 42.3 Å². The Morgan fingerprint density at radius 2 is 2.16 bits per heavy atom. The van der Waals surface area contributed by atoms with Crippen LogP contribution in [0.1, 0.15) is 18.1 Å². The maximum Gasteiger partial charge on any atom is 0.126 e. The Morgan fingerprint density at radius 3 is 2.88 bits per heavy atom. The third-order valence-corrected chi connectivity index (χ3v) is 3.89. The number of aromatic nitrogens is 1. The molecule has 0 amide bonds. The van der Waals surface area contributed by atoms with Gasteiger partial charge in [0.1, 0.15) is 11.6 Å². The quantitative estimate of drug-likeness (QED) is 0.670. The Kier molecular flexibility index (Phi) is 6.78. The van der Waals surface area contributed by atoms with Crippen molar-refractivity contribution < 1.29 is 4.39 Å². The number of benzene rings is 1. The molecule has 0 fully saturated rings. The van der Waals surface area contributed by atoms with Crippen LogP contribution in [0.4, 0.5) is 10.2 Å². The van der Waals surface area contributed by atoms with Gasteiger partial charge in [0.05, 0.1) is 5.02 Å². The maximum atomic E-state index is 13.1. The Labute approximate surface area is 152 Å². The first-order chi connectivity index (χ1) is 12.0. The van der Waals surface area contributed by atoms with Crippen molar-refractivity contribution in [2.75, 3.05) is 12.4 Å². The van der Waals surface area contributed by atoms with Crippen LogP contribution in [0.15, 0.2) is 67.0 Å². The van der Waals surface area contributed by atoms with Crippen LogP contribution in [0.3, 0.4) is 0 Å². The Balaban J connectivity index is 1.96. The van der Waals surface area contributed by atoms with Crippen LogP contribution >= 0.6 is 11.6 Å². The van der Waals surface area contributed by atoms with Crippen molar-refractivity contribution >= 4 is 23.0 Å². The molecule has 0 aliphatic carbocycles. The van der Waals surface area contributed by atoms with Crippen LogP contribution in [-0.4, -0.2) is 12.0 Å². The van der Waals surface area contributed by atoms with Gasteiger partial charge in [0.2, 0.25) is 0 Å². The lowest BCUT2D eigenvalue weighted by molar-refractivity contribution is 0.624. The molecule has 0 saturated carbocycles. The highest BCUT2D eigenvalue weighted by Crippen LogP contribution is 2.25. The molecule has 0 aliphatic heterocycles. The zero-order chi connectivity index (χ0) is 18.2. The van der Waals surface area contributed by atoms with Crippen LogP contribution in [0, 0.1) is 5.82 Å². The number of nitrogens with zero attached hydrogens (tertiary/aromatic N) is 1. The van der Waals surface area contributed by atoms with Crippen LogP contribution in [0.2, 0.25) is 5.02 Å². The average molecular weight is 358 g/mol. The molecule has 2 N–H and O–H groups in total. The summed E-state index contributed by atoms with van der Waals surface area (Å²) < 4.78 is 13.1. The molecule has 0 radical (unpaired) electrons. The van der Waals surface area contributed by atoms with E-state index in [0.29, 0.717) is 11.6 Å². The van der Waals surface area contributed by atoms with Crippen molar-refractivity contribution in [3.63, 3.8) is 0 Å². The molecule has 0 spiro atoms. The number of halogens is 2. The van der Waals surface area contributed by atoms with E-state index in [4.69, 9.17) is 11.6 Å². The van der Waals surface area contributed by atoms with Gasteiger partial charge in [-0.3, -0.25) is 0 Å². The molecule has 0 saturated heterocycles. The molecule has 25 heavy (non-hydrogen) atoms. The summed E-state index contributed by atoms with van der Waals surface area (Å²) in [5.74, 6) is 0.520. The van der Waals surface area contributed by atoms with Crippen molar-refractivity contribution in [2.24, 2.45) is 0 Å². The van der Waals surface area contributed by atoms with Crippen LogP contribution in [0.5, 0.6) is 0 Å². The zero-order valence-electron chi connectivity index (χ0n) is 14.3. The molecule has 3 nitrogen and oxygen atoms in total. The summed E-state index contributed by atoms with van der Waals surface area (Å²) in [6, 6.07) is 8.38. The number of rotatable bonds is 7. The summed E-state index contributed by atoms with van der Waals surface area (Å²) in [5.41, 5.74) is 3.54. The minimum absolute atomic E-state index is 0.241. The van der Waals surface area contributed by atoms with E-state index in [0.717, 1.165) is 28.2 Å². The predicted molar refractivity (Wildman–Crippen MR) is 104 cm³/mol. The van der Waals surface area contributed by atoms with Gasteiger partial charge in [-0.1, -0.05) is 42.5 Å². The fourth-order valence-corrected chi connectivity index (χ4v) is 2.45. The molecular weight excluding hydrogens is 337 g/mol. The third kappa shape index (κ3) is 5.76. The number of nitrogens with one attached hydrogen (secondary N) is 2. The van der Waals surface area contributed by atoms with Gasteiger partial charge in [-0.25, -0.2) is 9.37 Å². The van der Waals surface area contributed by atoms with Gasteiger partial charge < -0.3 is 10.6 Å². The first-order valence-corrected chi connectivity index (χ1v) is 8.23. The lowest BCUT2D eigenvalue weighted by atomic mass is 10.1. The highest BCUT2D eigenvalue weighted by molar-refractivity contribution is 6.32. The minimum Gasteiger partial charge on any atom is -0.381 e. The standard InChI is InChI=1S/C20H21ClFN3/c1-14(18-11-20(23-3)25-13-19(18)21)6-4-7-15(2)24-12-16-8-5-9-17(22)10-16/h4-11,13,24H,2,12H2,1,3H3,(H,23,25)/b7-4-,14-6+. The van der Waals surface area contributed by atoms with Gasteiger partial charge in [-0.2, -0.15) is 0 Å². The second-order valence-corrected chi connectivity index (χ2v) is 5.92. The summed E-state index contributed by atoms with van der Waals surface area (Å²) in [6.45, 7) is 6.44. The van der Waals surface area contributed by atoms with E-state index in [1.807, 2.05) is 44.3 Å². The summed E-state index contributed by atoms with van der Waals surface area (Å²) in [4.78, 5) is 4.17. The van der Waals surface area contributed by atoms with E-state index < -0.39 is 0 Å². The first kappa shape index (κ1) is 18.7. The van der Waals surface area contributed by atoms with Crippen molar-refractivity contribution in [2.45, 2.75) is 13.5 Å². The van der Waals surface area contributed by atoms with Gasteiger partial charge in [0.25, 0.3) is 0 Å². The van der Waals surface area contributed by atoms with Crippen LogP contribution in [0.25, 0.3) is 5.57 Å². The third-order valence-electron chi connectivity index (χ3n) is 3.59. The summed E-state index contributed by atoms with van der Waals surface area (Å²) >= 11 is 6.20. The fourth-order valence-electron chi connectivity index (χ4n) is 2.20. The second kappa shape index (κ2) is 9.04. The number of anilines is 1. The number of hydrogen-bond donors (Lipinski definition) is 2. The lowest BCUT2D eigenvalue weighted by Gasteiger charge is -2.07. The predicted octanol–water partition coefficient (Wildman–Crippen LogP) is 5.18. The molecule has 0 bridgehead atoms. The molecule has 2 aromatic rings. The van der Waals surface area contributed by atoms with E-state index >= 15 is 0 Å². The van der Waals surface area contributed by atoms with Crippen molar-refractivity contribution in [3.8, 4) is 0 Å². The van der Waals surface area contributed by atoms with Crippen molar-refractivity contribution in [1.82, 2.24) is 10.3 Å². The first-order valence-electron chi connectivity index (χ1n) is 7.85. The van der Waals surface area contributed by atoms with E-state index in [9.17, 15) is 4.39 Å². The van der Waals surface area contributed by atoms with Crippen LogP contribution in [-0.2, 0) is 6.54 Å². The number of hydrogen-bond acceptors (Lipinski definition) is 3. The van der Waals surface area contributed by atoms with Crippen molar-refractivity contribution in [1.29, 1.82) is 0 Å². The molecule has 5 heteroatoms. The topological polar surface area (TPSA) is 37.0 Å². The normalized spacial score (nSPS) is 11.6. The molecule has 0 unspecified atom stereocenters. The van der Waals surface area contributed by atoms with E-state index in [1.165, 1.54) is 12.1 Å². The molecule has 1 heterocycles. The molecule has 2 rings (SSSR count). The number of pyridine rings is 1.